The van der Waals surface area contributed by atoms with Gasteiger partial charge in [-0.15, -0.1) is 0 Å². The molecule has 1 heterocycles. The van der Waals surface area contributed by atoms with E-state index in [4.69, 9.17) is 5.73 Å². The normalized spacial score (nSPS) is 38.6. The molecule has 3 nitrogen and oxygen atoms in total. The molecule has 3 heteroatoms. The van der Waals surface area contributed by atoms with Gasteiger partial charge in [0.15, 0.2) is 0 Å². The highest BCUT2D eigenvalue weighted by Crippen LogP contribution is 2.33. The van der Waals surface area contributed by atoms with Crippen molar-refractivity contribution in [1.29, 1.82) is 0 Å². The third-order valence-corrected chi connectivity index (χ3v) is 5.20. The van der Waals surface area contributed by atoms with Crippen LogP contribution in [0.1, 0.15) is 58.8 Å². The Morgan fingerprint density at radius 1 is 1.17 bits per heavy atom. The van der Waals surface area contributed by atoms with E-state index in [1.54, 1.807) is 0 Å². The average Bonchev–Trinajstić information content (AvgIpc) is 2.39. The molecular weight excluding hydrogens is 224 g/mol. The molecule has 0 bridgehead atoms. The third-order valence-electron chi connectivity index (χ3n) is 5.20. The number of hydrogen-bond acceptors (Lipinski definition) is 2. The monoisotopic (exact) mass is 252 g/mol. The maximum atomic E-state index is 11.4. The number of piperidine rings is 1. The van der Waals surface area contributed by atoms with Crippen LogP contribution < -0.4 is 5.73 Å². The van der Waals surface area contributed by atoms with Crippen molar-refractivity contribution in [3.63, 3.8) is 0 Å². The summed E-state index contributed by atoms with van der Waals surface area (Å²) in [5.74, 6) is 0.924. The first-order valence-electron chi connectivity index (χ1n) is 7.66. The van der Waals surface area contributed by atoms with Crippen molar-refractivity contribution < 1.29 is 4.79 Å². The Labute approximate surface area is 111 Å². The summed E-state index contributed by atoms with van der Waals surface area (Å²) in [4.78, 5) is 14.0. The van der Waals surface area contributed by atoms with Crippen LogP contribution in [0.5, 0.6) is 0 Å². The Bertz CT molecular complexity index is 284. The van der Waals surface area contributed by atoms with Crippen molar-refractivity contribution in [3.8, 4) is 0 Å². The van der Waals surface area contributed by atoms with Gasteiger partial charge in [0.25, 0.3) is 0 Å². The quantitative estimate of drug-likeness (QED) is 0.839. The Balaban J connectivity index is 1.92. The molecule has 2 rings (SSSR count). The molecule has 1 aliphatic carbocycles. The summed E-state index contributed by atoms with van der Waals surface area (Å²) in [6, 6.07) is 1.33. The summed E-state index contributed by atoms with van der Waals surface area (Å²) in [6.45, 7) is 5.51. The number of primary amides is 1. The molecule has 2 N–H and O–H groups in total. The highest BCUT2D eigenvalue weighted by molar-refractivity contribution is 5.77. The van der Waals surface area contributed by atoms with Gasteiger partial charge in [-0.1, -0.05) is 13.3 Å². The Morgan fingerprint density at radius 2 is 1.83 bits per heavy atom. The zero-order valence-electron chi connectivity index (χ0n) is 11.9. The molecule has 1 saturated heterocycles. The molecule has 104 valence electrons. The van der Waals surface area contributed by atoms with Crippen molar-refractivity contribution in [2.45, 2.75) is 70.9 Å². The average molecular weight is 252 g/mol. The second kappa shape index (κ2) is 6.05. The summed E-state index contributed by atoms with van der Waals surface area (Å²) >= 11 is 0. The lowest BCUT2D eigenvalue weighted by atomic mass is 9.81. The number of carbonyl (C=O) groups excluding carboxylic acids is 1. The van der Waals surface area contributed by atoms with Crippen LogP contribution in [0.3, 0.4) is 0 Å². The van der Waals surface area contributed by atoms with Gasteiger partial charge < -0.3 is 5.73 Å². The van der Waals surface area contributed by atoms with Gasteiger partial charge >= 0.3 is 0 Å². The van der Waals surface area contributed by atoms with Crippen LogP contribution in [0.15, 0.2) is 0 Å². The fourth-order valence-electron chi connectivity index (χ4n) is 3.76. The summed E-state index contributed by atoms with van der Waals surface area (Å²) in [5, 5.41) is 0. The molecule has 1 aliphatic heterocycles. The third kappa shape index (κ3) is 3.05. The maximum absolute atomic E-state index is 11.4. The number of nitrogens with zero attached hydrogens (tertiary/aromatic N) is 1. The number of likely N-dealkylation sites (tertiary alicyclic amines) is 1. The highest BCUT2D eigenvalue weighted by atomic mass is 16.1. The van der Waals surface area contributed by atoms with E-state index < -0.39 is 0 Å². The van der Waals surface area contributed by atoms with Crippen molar-refractivity contribution >= 4 is 5.91 Å². The molecule has 18 heavy (non-hydrogen) atoms. The van der Waals surface area contributed by atoms with Crippen LogP contribution in [-0.4, -0.2) is 29.4 Å². The first kappa shape index (κ1) is 13.9. The fourth-order valence-corrected chi connectivity index (χ4v) is 3.76. The molecule has 2 unspecified atom stereocenters. The van der Waals surface area contributed by atoms with E-state index in [0.717, 1.165) is 25.3 Å². The zero-order valence-corrected chi connectivity index (χ0v) is 11.9. The van der Waals surface area contributed by atoms with Crippen LogP contribution in [0.2, 0.25) is 0 Å². The van der Waals surface area contributed by atoms with Gasteiger partial charge in [-0.2, -0.15) is 0 Å². The van der Waals surface area contributed by atoms with Crippen molar-refractivity contribution in [3.05, 3.63) is 0 Å². The molecule has 1 saturated carbocycles. The summed E-state index contributed by atoms with van der Waals surface area (Å²) in [5.41, 5.74) is 5.48. The fraction of sp³-hybridized carbons (Fsp3) is 0.933. The lowest BCUT2D eigenvalue weighted by Crippen LogP contribution is -2.51. The second-order valence-electron chi connectivity index (χ2n) is 6.31. The van der Waals surface area contributed by atoms with Crippen LogP contribution in [0.4, 0.5) is 0 Å². The molecule has 0 aromatic rings. The molecule has 2 atom stereocenters. The van der Waals surface area contributed by atoms with Crippen LogP contribution in [-0.2, 0) is 4.79 Å². The van der Waals surface area contributed by atoms with Gasteiger partial charge in [-0.3, -0.25) is 9.69 Å². The summed E-state index contributed by atoms with van der Waals surface area (Å²) < 4.78 is 0. The predicted molar refractivity (Wildman–Crippen MR) is 74.1 cm³/mol. The standard InChI is InChI=1S/C15H28N2O/c1-3-12-5-8-14(9-6-12)17-10-13(15(16)18)7-4-11(17)2/h11-14H,3-10H2,1-2H3,(H2,16,18). The Morgan fingerprint density at radius 3 is 2.39 bits per heavy atom. The molecule has 1 amide bonds. The Kier molecular flexibility index (Phi) is 4.66. The largest absolute Gasteiger partial charge is 0.369 e. The van der Waals surface area contributed by atoms with E-state index in [9.17, 15) is 4.79 Å². The van der Waals surface area contributed by atoms with E-state index in [-0.39, 0.29) is 11.8 Å². The molecule has 2 fully saturated rings. The van der Waals surface area contributed by atoms with Gasteiger partial charge in [0.2, 0.25) is 5.91 Å². The van der Waals surface area contributed by atoms with Crippen LogP contribution >= 0.6 is 0 Å². The van der Waals surface area contributed by atoms with Crippen LogP contribution in [0.25, 0.3) is 0 Å². The van der Waals surface area contributed by atoms with E-state index in [2.05, 4.69) is 18.7 Å². The lowest BCUT2D eigenvalue weighted by Gasteiger charge is -2.44. The van der Waals surface area contributed by atoms with Crippen molar-refractivity contribution in [1.82, 2.24) is 4.90 Å². The predicted octanol–water partition coefficient (Wildman–Crippen LogP) is 2.54. The number of carbonyl (C=O) groups is 1. The molecule has 0 aromatic carbocycles. The van der Waals surface area contributed by atoms with E-state index in [1.807, 2.05) is 0 Å². The second-order valence-corrected chi connectivity index (χ2v) is 6.31. The minimum atomic E-state index is -0.103. The van der Waals surface area contributed by atoms with E-state index in [0.29, 0.717) is 12.1 Å². The molecule has 0 radical (unpaired) electrons. The molecule has 0 aromatic heterocycles. The van der Waals surface area contributed by atoms with Gasteiger partial charge in [-0.25, -0.2) is 0 Å². The van der Waals surface area contributed by atoms with E-state index >= 15 is 0 Å². The van der Waals surface area contributed by atoms with Gasteiger partial charge in [-0.05, 0) is 51.4 Å². The SMILES string of the molecule is CCC1CCC(N2CC(C(N)=O)CCC2C)CC1. The molecule has 2 aliphatic rings. The molecular formula is C15H28N2O. The van der Waals surface area contributed by atoms with Gasteiger partial charge in [0.1, 0.15) is 0 Å². The summed E-state index contributed by atoms with van der Waals surface area (Å²) in [6.07, 6.45) is 8.80. The van der Waals surface area contributed by atoms with E-state index in [1.165, 1.54) is 32.1 Å². The minimum absolute atomic E-state index is 0.0881. The topological polar surface area (TPSA) is 46.3 Å². The minimum Gasteiger partial charge on any atom is -0.369 e. The number of amides is 1. The zero-order chi connectivity index (χ0) is 13.1. The lowest BCUT2D eigenvalue weighted by molar-refractivity contribution is -0.124. The highest BCUT2D eigenvalue weighted by Gasteiger charge is 2.34. The maximum Gasteiger partial charge on any atom is 0.221 e. The Hall–Kier alpha value is -0.570. The number of hydrogen-bond donors (Lipinski definition) is 1. The van der Waals surface area contributed by atoms with Crippen molar-refractivity contribution in [2.75, 3.05) is 6.54 Å². The smallest absolute Gasteiger partial charge is 0.221 e. The number of nitrogens with two attached hydrogens (primary N) is 1. The van der Waals surface area contributed by atoms with Crippen molar-refractivity contribution in [2.24, 2.45) is 17.6 Å². The van der Waals surface area contributed by atoms with Gasteiger partial charge in [0, 0.05) is 18.6 Å². The summed E-state index contributed by atoms with van der Waals surface area (Å²) in [7, 11) is 0. The number of rotatable bonds is 3. The van der Waals surface area contributed by atoms with Crippen LogP contribution in [0, 0.1) is 11.8 Å². The first-order valence-corrected chi connectivity index (χ1v) is 7.66. The molecule has 0 spiro atoms. The van der Waals surface area contributed by atoms with Gasteiger partial charge in [0.05, 0.1) is 5.92 Å². The first-order chi connectivity index (χ1) is 8.61.